The molecule has 176 valence electrons. The largest absolute Gasteiger partial charge is 0.508 e. The zero-order valence-electron chi connectivity index (χ0n) is 19.0. The summed E-state index contributed by atoms with van der Waals surface area (Å²) >= 11 is 0. The van der Waals surface area contributed by atoms with Crippen LogP contribution in [0.3, 0.4) is 0 Å². The van der Waals surface area contributed by atoms with Gasteiger partial charge in [-0.25, -0.2) is 0 Å². The van der Waals surface area contributed by atoms with Crippen LogP contribution in [0.25, 0.3) is 43.6 Å². The highest BCUT2D eigenvalue weighted by Crippen LogP contribution is 2.44. The van der Waals surface area contributed by atoms with Crippen molar-refractivity contribution in [2.75, 3.05) is 19.6 Å². The monoisotopic (exact) mass is 468 g/mol. The number of piperidine rings is 1. The van der Waals surface area contributed by atoms with Gasteiger partial charge in [-0.3, -0.25) is 14.9 Å². The lowest BCUT2D eigenvalue weighted by atomic mass is 9.96. The molecule has 0 bridgehead atoms. The van der Waals surface area contributed by atoms with E-state index in [2.05, 4.69) is 19.8 Å². The van der Waals surface area contributed by atoms with Crippen LogP contribution in [0, 0.1) is 0 Å². The molecule has 35 heavy (non-hydrogen) atoms. The molecule has 2 aromatic heterocycles. The van der Waals surface area contributed by atoms with Crippen LogP contribution in [0.2, 0.25) is 0 Å². The van der Waals surface area contributed by atoms with Gasteiger partial charge < -0.3 is 24.7 Å². The second kappa shape index (κ2) is 7.23. The highest BCUT2D eigenvalue weighted by atomic mass is 16.3. The number of phenols is 2. The molecular formula is C27H24N4O4. The number of rotatable bonds is 3. The predicted molar refractivity (Wildman–Crippen MR) is 134 cm³/mol. The number of amides is 2. The first-order valence-electron chi connectivity index (χ1n) is 12.0. The van der Waals surface area contributed by atoms with Gasteiger partial charge in [-0.05, 0) is 50.2 Å². The Hall–Kier alpha value is -4.04. The van der Waals surface area contributed by atoms with E-state index in [1.165, 1.54) is 19.3 Å². The van der Waals surface area contributed by atoms with E-state index >= 15 is 0 Å². The van der Waals surface area contributed by atoms with Crippen LogP contribution in [-0.4, -0.2) is 56.1 Å². The molecule has 1 fully saturated rings. The summed E-state index contributed by atoms with van der Waals surface area (Å²) in [5.41, 5.74) is 3.82. The fourth-order valence-electron chi connectivity index (χ4n) is 6.06. The van der Waals surface area contributed by atoms with Crippen molar-refractivity contribution in [2.45, 2.75) is 25.8 Å². The van der Waals surface area contributed by atoms with Crippen molar-refractivity contribution >= 4 is 55.4 Å². The minimum absolute atomic E-state index is 0.119. The zero-order chi connectivity index (χ0) is 23.8. The molecule has 2 aliphatic heterocycles. The topological polar surface area (TPSA) is 111 Å². The number of aromatic nitrogens is 2. The van der Waals surface area contributed by atoms with E-state index in [4.69, 9.17) is 0 Å². The first kappa shape index (κ1) is 20.3. The highest BCUT2D eigenvalue weighted by molar-refractivity contribution is 6.39. The van der Waals surface area contributed by atoms with Crippen molar-refractivity contribution in [3.8, 4) is 11.5 Å². The lowest BCUT2D eigenvalue weighted by Gasteiger charge is -2.26. The number of carbonyl (C=O) groups excluding carboxylic acids is 2. The van der Waals surface area contributed by atoms with E-state index in [1.54, 1.807) is 30.3 Å². The van der Waals surface area contributed by atoms with Crippen molar-refractivity contribution < 1.29 is 19.8 Å². The molecular weight excluding hydrogens is 444 g/mol. The standard InChI is InChI=1S/C27H24N4O4/c32-14-4-6-16-18(12-14)28-24-20(16)22-23(27(35)29-26(22)34)21-17-7-5-15(33)13-19(17)31(25(21)24)11-10-30-8-2-1-3-9-30/h4-7,12-13,28,32-33H,1-3,8-11H2,(H,29,34,35). The summed E-state index contributed by atoms with van der Waals surface area (Å²) in [4.78, 5) is 32.0. The molecule has 8 nitrogen and oxygen atoms in total. The van der Waals surface area contributed by atoms with Crippen LogP contribution in [0.15, 0.2) is 36.4 Å². The Kier molecular flexibility index (Phi) is 4.20. The van der Waals surface area contributed by atoms with Crippen LogP contribution in [-0.2, 0) is 6.54 Å². The SMILES string of the molecule is O=C1NC(=O)c2c1c1c3ccc(O)cc3[nH]c1c1c2c2ccc(O)cc2n1CCN1CCCCC1. The molecule has 0 radical (unpaired) electrons. The summed E-state index contributed by atoms with van der Waals surface area (Å²) in [5.74, 6) is -0.561. The smallest absolute Gasteiger partial charge is 0.259 e. The van der Waals surface area contributed by atoms with Crippen LogP contribution < -0.4 is 5.32 Å². The molecule has 2 aliphatic rings. The minimum Gasteiger partial charge on any atom is -0.508 e. The molecule has 4 N–H and O–H groups in total. The number of hydrogen-bond acceptors (Lipinski definition) is 5. The number of likely N-dealkylation sites (tertiary alicyclic amines) is 1. The maximum Gasteiger partial charge on any atom is 0.259 e. The van der Waals surface area contributed by atoms with Gasteiger partial charge in [0.25, 0.3) is 11.8 Å². The maximum absolute atomic E-state index is 13.1. The van der Waals surface area contributed by atoms with Crippen molar-refractivity contribution in [2.24, 2.45) is 0 Å². The van der Waals surface area contributed by atoms with Crippen LogP contribution in [0.5, 0.6) is 11.5 Å². The third kappa shape index (κ3) is 2.83. The Balaban J connectivity index is 1.62. The number of benzene rings is 3. The van der Waals surface area contributed by atoms with E-state index in [0.717, 1.165) is 47.0 Å². The van der Waals surface area contributed by atoms with Crippen molar-refractivity contribution in [3.05, 3.63) is 47.5 Å². The molecule has 0 saturated carbocycles. The fraction of sp³-hybridized carbons (Fsp3) is 0.259. The molecule has 8 heteroatoms. The third-order valence-corrected chi connectivity index (χ3v) is 7.59. The maximum atomic E-state index is 13.1. The van der Waals surface area contributed by atoms with E-state index < -0.39 is 11.8 Å². The summed E-state index contributed by atoms with van der Waals surface area (Å²) in [5, 5.41) is 25.9. The number of fused-ring (bicyclic) bond motifs is 10. The highest BCUT2D eigenvalue weighted by Gasteiger charge is 2.35. The normalized spacial score (nSPS) is 16.7. The van der Waals surface area contributed by atoms with Gasteiger partial charge >= 0.3 is 0 Å². The van der Waals surface area contributed by atoms with Gasteiger partial charge in [-0.2, -0.15) is 0 Å². The van der Waals surface area contributed by atoms with Crippen molar-refractivity contribution in [3.63, 3.8) is 0 Å². The summed E-state index contributed by atoms with van der Waals surface area (Å²) in [7, 11) is 0. The predicted octanol–water partition coefficient (Wildman–Crippen LogP) is 4.21. The Morgan fingerprint density at radius 2 is 1.49 bits per heavy atom. The quantitative estimate of drug-likeness (QED) is 0.297. The van der Waals surface area contributed by atoms with Gasteiger partial charge in [0.2, 0.25) is 0 Å². The molecule has 3 aromatic carbocycles. The Morgan fingerprint density at radius 1 is 0.800 bits per heavy atom. The fourth-order valence-corrected chi connectivity index (χ4v) is 6.06. The van der Waals surface area contributed by atoms with Gasteiger partial charge in [0, 0.05) is 46.8 Å². The Labute approximate surface area is 199 Å². The molecule has 4 heterocycles. The number of carbonyl (C=O) groups is 2. The Bertz CT molecular complexity index is 1720. The second-order valence-corrected chi connectivity index (χ2v) is 9.62. The van der Waals surface area contributed by atoms with E-state index in [9.17, 15) is 19.8 Å². The van der Waals surface area contributed by atoms with E-state index in [1.807, 2.05) is 6.07 Å². The summed E-state index contributed by atoms with van der Waals surface area (Å²) in [6.07, 6.45) is 3.65. The Morgan fingerprint density at radius 3 is 2.26 bits per heavy atom. The molecule has 0 unspecified atom stereocenters. The van der Waals surface area contributed by atoms with Gasteiger partial charge in [0.15, 0.2) is 0 Å². The zero-order valence-corrected chi connectivity index (χ0v) is 19.0. The average molecular weight is 469 g/mol. The van der Waals surface area contributed by atoms with Crippen LogP contribution >= 0.6 is 0 Å². The first-order chi connectivity index (χ1) is 17.0. The van der Waals surface area contributed by atoms with Crippen molar-refractivity contribution in [1.82, 2.24) is 19.8 Å². The molecule has 0 aliphatic carbocycles. The first-order valence-corrected chi connectivity index (χ1v) is 12.0. The number of nitrogens with one attached hydrogen (secondary N) is 2. The number of hydrogen-bond donors (Lipinski definition) is 4. The molecule has 5 aromatic rings. The molecule has 0 spiro atoms. The molecule has 1 saturated heterocycles. The van der Waals surface area contributed by atoms with E-state index in [0.29, 0.717) is 34.0 Å². The molecule has 7 rings (SSSR count). The lowest BCUT2D eigenvalue weighted by molar-refractivity contribution is 0.0880. The summed E-state index contributed by atoms with van der Waals surface area (Å²) < 4.78 is 2.16. The second-order valence-electron chi connectivity index (χ2n) is 9.62. The van der Waals surface area contributed by atoms with Gasteiger partial charge in [-0.15, -0.1) is 0 Å². The number of imide groups is 1. The van der Waals surface area contributed by atoms with Gasteiger partial charge in [-0.1, -0.05) is 6.42 Å². The number of aromatic amines is 1. The van der Waals surface area contributed by atoms with E-state index in [-0.39, 0.29) is 11.5 Å². The molecule has 0 atom stereocenters. The summed E-state index contributed by atoms with van der Waals surface area (Å²) in [6.45, 7) is 3.65. The van der Waals surface area contributed by atoms with Crippen LogP contribution in [0.4, 0.5) is 0 Å². The van der Waals surface area contributed by atoms with Gasteiger partial charge in [0.1, 0.15) is 11.5 Å². The minimum atomic E-state index is -0.418. The number of aromatic hydroxyl groups is 2. The molecule has 2 amide bonds. The number of H-pyrrole nitrogens is 1. The summed E-state index contributed by atoms with van der Waals surface area (Å²) in [6, 6.07) is 10.2. The third-order valence-electron chi connectivity index (χ3n) is 7.59. The van der Waals surface area contributed by atoms with Crippen molar-refractivity contribution in [1.29, 1.82) is 0 Å². The average Bonchev–Trinajstić information content (AvgIpc) is 3.46. The van der Waals surface area contributed by atoms with Gasteiger partial charge in [0.05, 0.1) is 33.2 Å². The number of phenolic OH excluding ortho intramolecular Hbond substituents is 2. The number of nitrogens with zero attached hydrogens (tertiary/aromatic N) is 2. The van der Waals surface area contributed by atoms with Crippen LogP contribution in [0.1, 0.15) is 40.0 Å². The lowest BCUT2D eigenvalue weighted by Crippen LogP contribution is -2.32.